The smallest absolute Gasteiger partial charge is 0.157 e. The summed E-state index contributed by atoms with van der Waals surface area (Å²) in [4.78, 5) is 3.96. The molecule has 2 heterocycles. The van der Waals surface area contributed by atoms with E-state index in [1.165, 1.54) is 6.07 Å². The maximum absolute atomic E-state index is 13.4. The van der Waals surface area contributed by atoms with Crippen LogP contribution in [-0.2, 0) is 9.47 Å². The van der Waals surface area contributed by atoms with Gasteiger partial charge in [0.15, 0.2) is 6.29 Å². The predicted molar refractivity (Wildman–Crippen MR) is 60.7 cm³/mol. The molecule has 1 aromatic rings. The van der Waals surface area contributed by atoms with Crippen LogP contribution < -0.4 is 5.73 Å². The van der Waals surface area contributed by atoms with Crippen molar-refractivity contribution in [2.45, 2.75) is 31.6 Å². The second-order valence-corrected chi connectivity index (χ2v) is 4.08. The minimum absolute atomic E-state index is 0.207. The minimum atomic E-state index is -0.412. The van der Waals surface area contributed by atoms with Crippen molar-refractivity contribution in [2.75, 3.05) is 13.2 Å². The molecule has 0 radical (unpaired) electrons. The van der Waals surface area contributed by atoms with E-state index >= 15 is 0 Å². The number of ether oxygens (including phenoxy) is 2. The number of hydrogen-bond donors (Lipinski definition) is 1. The molecule has 1 aliphatic heterocycles. The number of aromatic nitrogens is 1. The lowest BCUT2D eigenvalue weighted by Gasteiger charge is -2.24. The fourth-order valence-corrected chi connectivity index (χ4v) is 1.83. The normalized spacial score (nSPS) is 19.2. The monoisotopic (exact) mass is 240 g/mol. The first-order valence-electron chi connectivity index (χ1n) is 5.86. The van der Waals surface area contributed by atoms with Gasteiger partial charge in [-0.3, -0.25) is 4.98 Å². The van der Waals surface area contributed by atoms with Crippen molar-refractivity contribution in [2.24, 2.45) is 5.73 Å². The van der Waals surface area contributed by atoms with Crippen molar-refractivity contribution in [3.8, 4) is 0 Å². The van der Waals surface area contributed by atoms with Crippen LogP contribution in [0.4, 0.5) is 4.39 Å². The van der Waals surface area contributed by atoms with Gasteiger partial charge in [-0.05, 0) is 25.0 Å². The number of hydrogen-bond acceptors (Lipinski definition) is 4. The topological polar surface area (TPSA) is 57.4 Å². The van der Waals surface area contributed by atoms with Crippen LogP contribution in [-0.4, -0.2) is 24.5 Å². The van der Waals surface area contributed by atoms with E-state index in [9.17, 15) is 4.39 Å². The van der Waals surface area contributed by atoms with Gasteiger partial charge in [-0.25, -0.2) is 4.39 Å². The summed E-state index contributed by atoms with van der Waals surface area (Å²) in [5.41, 5.74) is 6.21. The summed E-state index contributed by atoms with van der Waals surface area (Å²) >= 11 is 0. The number of halogens is 1. The Morgan fingerprint density at radius 2 is 2.24 bits per heavy atom. The maximum atomic E-state index is 13.4. The molecule has 1 aromatic heterocycles. The lowest BCUT2D eigenvalue weighted by Crippen LogP contribution is -2.26. The summed E-state index contributed by atoms with van der Waals surface area (Å²) in [7, 11) is 0. The predicted octanol–water partition coefficient (Wildman–Crippen LogP) is 1.76. The van der Waals surface area contributed by atoms with Gasteiger partial charge < -0.3 is 15.2 Å². The maximum Gasteiger partial charge on any atom is 0.157 e. The van der Waals surface area contributed by atoms with Gasteiger partial charge in [-0.1, -0.05) is 0 Å². The van der Waals surface area contributed by atoms with E-state index in [4.69, 9.17) is 15.2 Å². The Morgan fingerprint density at radius 1 is 1.47 bits per heavy atom. The van der Waals surface area contributed by atoms with Crippen molar-refractivity contribution >= 4 is 0 Å². The van der Waals surface area contributed by atoms with Crippen molar-refractivity contribution in [1.29, 1.82) is 0 Å². The third-order valence-corrected chi connectivity index (χ3v) is 2.75. The average molecular weight is 240 g/mol. The van der Waals surface area contributed by atoms with Gasteiger partial charge in [-0.15, -0.1) is 0 Å². The highest BCUT2D eigenvalue weighted by molar-refractivity contribution is 5.10. The van der Waals surface area contributed by atoms with Gasteiger partial charge in [0, 0.05) is 12.6 Å². The SMILES string of the molecule is N[C@@H](CCC1OCCCO1)c1ncccc1F. The molecule has 0 saturated carbocycles. The van der Waals surface area contributed by atoms with Gasteiger partial charge in [0.05, 0.1) is 24.9 Å². The van der Waals surface area contributed by atoms with E-state index in [2.05, 4.69) is 4.98 Å². The van der Waals surface area contributed by atoms with Gasteiger partial charge >= 0.3 is 0 Å². The van der Waals surface area contributed by atoms with Gasteiger partial charge in [-0.2, -0.15) is 0 Å². The molecule has 0 spiro atoms. The highest BCUT2D eigenvalue weighted by Crippen LogP contribution is 2.19. The summed E-state index contributed by atoms with van der Waals surface area (Å²) in [6.07, 6.45) is 3.53. The number of rotatable bonds is 4. The minimum Gasteiger partial charge on any atom is -0.353 e. The molecule has 1 aliphatic rings. The first-order chi connectivity index (χ1) is 8.27. The summed E-state index contributed by atoms with van der Waals surface area (Å²) in [5, 5.41) is 0. The Hall–Kier alpha value is -1.04. The molecule has 2 N–H and O–H groups in total. The average Bonchev–Trinajstić information content (AvgIpc) is 2.38. The molecule has 0 bridgehead atoms. The first-order valence-corrected chi connectivity index (χ1v) is 5.86. The number of nitrogens with two attached hydrogens (primary N) is 1. The van der Waals surface area contributed by atoms with E-state index in [-0.39, 0.29) is 12.1 Å². The fourth-order valence-electron chi connectivity index (χ4n) is 1.83. The molecule has 94 valence electrons. The quantitative estimate of drug-likeness (QED) is 0.871. The molecular formula is C12H17FN2O2. The highest BCUT2D eigenvalue weighted by Gasteiger charge is 2.18. The summed E-state index contributed by atoms with van der Waals surface area (Å²) in [6.45, 7) is 1.44. The largest absolute Gasteiger partial charge is 0.353 e. The molecular weight excluding hydrogens is 223 g/mol. The molecule has 1 atom stereocenters. The molecule has 4 nitrogen and oxygen atoms in total. The molecule has 2 rings (SSSR count). The zero-order valence-corrected chi connectivity index (χ0v) is 9.64. The van der Waals surface area contributed by atoms with Gasteiger partial charge in [0.25, 0.3) is 0 Å². The summed E-state index contributed by atoms with van der Waals surface area (Å²) in [5.74, 6) is -0.356. The van der Waals surface area contributed by atoms with E-state index < -0.39 is 6.04 Å². The summed E-state index contributed by atoms with van der Waals surface area (Å²) < 4.78 is 24.2. The standard InChI is InChI=1S/C12H17FN2O2/c13-9-3-1-6-15-12(9)10(14)4-5-11-16-7-2-8-17-11/h1,3,6,10-11H,2,4-5,7-8,14H2/t10-/m0/s1. The Bertz CT molecular complexity index is 356. The molecule has 17 heavy (non-hydrogen) atoms. The van der Waals surface area contributed by atoms with Crippen molar-refractivity contribution < 1.29 is 13.9 Å². The van der Waals surface area contributed by atoms with Crippen molar-refractivity contribution in [3.63, 3.8) is 0 Å². The Kier molecular flexibility index (Phi) is 4.42. The molecule has 0 aliphatic carbocycles. The first kappa shape index (κ1) is 12.4. The highest BCUT2D eigenvalue weighted by atomic mass is 19.1. The second-order valence-electron chi connectivity index (χ2n) is 4.08. The van der Waals surface area contributed by atoms with Crippen LogP contribution in [0.3, 0.4) is 0 Å². The Labute approximate surface area is 99.9 Å². The van der Waals surface area contributed by atoms with Crippen LogP contribution in [0.2, 0.25) is 0 Å². The fraction of sp³-hybridized carbons (Fsp3) is 0.583. The zero-order chi connectivity index (χ0) is 12.1. The van der Waals surface area contributed by atoms with Crippen LogP contribution in [0.5, 0.6) is 0 Å². The molecule has 0 unspecified atom stereocenters. The van der Waals surface area contributed by atoms with E-state index in [0.717, 1.165) is 19.6 Å². The zero-order valence-electron chi connectivity index (χ0n) is 9.64. The lowest BCUT2D eigenvalue weighted by molar-refractivity contribution is -0.182. The van der Waals surface area contributed by atoms with Gasteiger partial charge in [0.1, 0.15) is 5.82 Å². The lowest BCUT2D eigenvalue weighted by atomic mass is 10.1. The number of pyridine rings is 1. The van der Waals surface area contributed by atoms with E-state index in [1.807, 2.05) is 0 Å². The molecule has 1 fully saturated rings. The second kappa shape index (κ2) is 6.05. The van der Waals surface area contributed by atoms with E-state index in [0.29, 0.717) is 18.5 Å². The van der Waals surface area contributed by atoms with Crippen molar-refractivity contribution in [1.82, 2.24) is 4.98 Å². The Morgan fingerprint density at radius 3 is 2.94 bits per heavy atom. The summed E-state index contributed by atoms with van der Waals surface area (Å²) in [6, 6.07) is 2.51. The van der Waals surface area contributed by atoms with Crippen LogP contribution in [0, 0.1) is 5.82 Å². The Balaban J connectivity index is 1.84. The van der Waals surface area contributed by atoms with Crippen LogP contribution in [0.15, 0.2) is 18.3 Å². The van der Waals surface area contributed by atoms with Gasteiger partial charge in [0.2, 0.25) is 0 Å². The van der Waals surface area contributed by atoms with Crippen LogP contribution in [0.25, 0.3) is 0 Å². The molecule has 5 heteroatoms. The van der Waals surface area contributed by atoms with Crippen LogP contribution in [0.1, 0.15) is 31.0 Å². The molecule has 1 saturated heterocycles. The van der Waals surface area contributed by atoms with Crippen LogP contribution >= 0.6 is 0 Å². The third-order valence-electron chi connectivity index (χ3n) is 2.75. The van der Waals surface area contributed by atoms with Crippen molar-refractivity contribution in [3.05, 3.63) is 29.8 Å². The molecule has 0 aromatic carbocycles. The molecule has 0 amide bonds. The van der Waals surface area contributed by atoms with E-state index in [1.54, 1.807) is 12.3 Å². The third kappa shape index (κ3) is 3.46. The number of nitrogens with zero attached hydrogens (tertiary/aromatic N) is 1.